The quantitative estimate of drug-likeness (QED) is 0.797. The molecule has 20 heavy (non-hydrogen) atoms. The van der Waals surface area contributed by atoms with Crippen molar-refractivity contribution in [2.45, 2.75) is 38.6 Å². The van der Waals surface area contributed by atoms with E-state index in [1.807, 2.05) is 17.7 Å². The lowest BCUT2D eigenvalue weighted by molar-refractivity contribution is 0.607. The maximum atomic E-state index is 11.3. The SMILES string of the molecule is CCn1nc(CNCCC(C)S(C)=O)c2ccccc21. The number of hydrogen-bond acceptors (Lipinski definition) is 3. The summed E-state index contributed by atoms with van der Waals surface area (Å²) in [7, 11) is -0.738. The molecule has 2 unspecified atom stereocenters. The molecule has 0 spiro atoms. The van der Waals surface area contributed by atoms with Gasteiger partial charge in [-0.25, -0.2) is 0 Å². The van der Waals surface area contributed by atoms with Gasteiger partial charge < -0.3 is 5.32 Å². The summed E-state index contributed by atoms with van der Waals surface area (Å²) < 4.78 is 13.3. The summed E-state index contributed by atoms with van der Waals surface area (Å²) in [6, 6.07) is 8.33. The minimum Gasteiger partial charge on any atom is -0.311 e. The lowest BCUT2D eigenvalue weighted by Crippen LogP contribution is -2.21. The molecule has 0 bridgehead atoms. The molecule has 1 aromatic carbocycles. The van der Waals surface area contributed by atoms with Gasteiger partial charge in [0, 0.05) is 40.8 Å². The number of aromatic nitrogens is 2. The fourth-order valence-corrected chi connectivity index (χ4v) is 2.70. The fraction of sp³-hybridized carbons (Fsp3) is 0.533. The van der Waals surface area contributed by atoms with E-state index >= 15 is 0 Å². The highest BCUT2D eigenvalue weighted by Crippen LogP contribution is 2.18. The Hall–Kier alpha value is -1.20. The normalized spacial score (nSPS) is 14.6. The molecule has 2 atom stereocenters. The van der Waals surface area contributed by atoms with Crippen LogP contribution in [0, 0.1) is 0 Å². The van der Waals surface area contributed by atoms with Gasteiger partial charge in [0.2, 0.25) is 0 Å². The molecule has 0 aliphatic heterocycles. The van der Waals surface area contributed by atoms with Crippen LogP contribution in [0.4, 0.5) is 0 Å². The molecule has 110 valence electrons. The Bertz CT molecular complexity index is 594. The second-order valence-electron chi connectivity index (χ2n) is 5.05. The van der Waals surface area contributed by atoms with E-state index in [0.717, 1.165) is 31.7 Å². The first-order valence-electron chi connectivity index (χ1n) is 7.10. The molecule has 1 aromatic heterocycles. The monoisotopic (exact) mass is 293 g/mol. The van der Waals surface area contributed by atoms with Crippen LogP contribution in [0.15, 0.2) is 24.3 Å². The summed E-state index contributed by atoms with van der Waals surface area (Å²) in [6.07, 6.45) is 2.69. The number of nitrogens with one attached hydrogen (secondary N) is 1. The summed E-state index contributed by atoms with van der Waals surface area (Å²) in [6.45, 7) is 6.64. The maximum absolute atomic E-state index is 11.3. The zero-order valence-electron chi connectivity index (χ0n) is 12.4. The van der Waals surface area contributed by atoms with E-state index in [1.54, 1.807) is 6.26 Å². The molecule has 0 aliphatic rings. The van der Waals surface area contributed by atoms with E-state index in [-0.39, 0.29) is 5.25 Å². The molecule has 0 aliphatic carbocycles. The average molecular weight is 293 g/mol. The first-order chi connectivity index (χ1) is 9.63. The smallest absolute Gasteiger partial charge is 0.0841 e. The molecule has 0 amide bonds. The number of aryl methyl sites for hydroxylation is 1. The van der Waals surface area contributed by atoms with Crippen LogP contribution >= 0.6 is 0 Å². The van der Waals surface area contributed by atoms with Gasteiger partial charge in [0.15, 0.2) is 0 Å². The zero-order valence-corrected chi connectivity index (χ0v) is 13.2. The van der Waals surface area contributed by atoms with Gasteiger partial charge >= 0.3 is 0 Å². The van der Waals surface area contributed by atoms with Crippen LogP contribution in [0.1, 0.15) is 26.0 Å². The van der Waals surface area contributed by atoms with Crippen molar-refractivity contribution in [3.63, 3.8) is 0 Å². The Morgan fingerprint density at radius 3 is 2.85 bits per heavy atom. The molecule has 2 rings (SSSR count). The number of fused-ring (bicyclic) bond motifs is 1. The molecule has 0 fully saturated rings. The van der Waals surface area contributed by atoms with Gasteiger partial charge in [-0.15, -0.1) is 0 Å². The van der Waals surface area contributed by atoms with Crippen LogP contribution in [-0.2, 0) is 23.9 Å². The van der Waals surface area contributed by atoms with Gasteiger partial charge in [0.25, 0.3) is 0 Å². The first kappa shape index (κ1) is 15.2. The van der Waals surface area contributed by atoms with E-state index in [4.69, 9.17) is 0 Å². The van der Waals surface area contributed by atoms with Gasteiger partial charge in [-0.2, -0.15) is 5.10 Å². The Morgan fingerprint density at radius 1 is 1.40 bits per heavy atom. The van der Waals surface area contributed by atoms with Crippen LogP contribution < -0.4 is 5.32 Å². The highest BCUT2D eigenvalue weighted by molar-refractivity contribution is 7.84. The van der Waals surface area contributed by atoms with Crippen molar-refractivity contribution in [1.29, 1.82) is 0 Å². The summed E-state index contributed by atoms with van der Waals surface area (Å²) in [5.41, 5.74) is 2.28. The van der Waals surface area contributed by atoms with Crippen molar-refractivity contribution < 1.29 is 4.21 Å². The van der Waals surface area contributed by atoms with Crippen molar-refractivity contribution in [2.24, 2.45) is 0 Å². The van der Waals surface area contributed by atoms with Gasteiger partial charge in [-0.3, -0.25) is 8.89 Å². The van der Waals surface area contributed by atoms with Crippen molar-refractivity contribution >= 4 is 21.7 Å². The summed E-state index contributed by atoms with van der Waals surface area (Å²) in [4.78, 5) is 0. The number of benzene rings is 1. The summed E-state index contributed by atoms with van der Waals surface area (Å²) in [5, 5.41) is 9.52. The molecule has 5 heteroatoms. The second kappa shape index (κ2) is 6.99. The molecule has 0 saturated heterocycles. The van der Waals surface area contributed by atoms with E-state index in [2.05, 4.69) is 35.5 Å². The van der Waals surface area contributed by atoms with Crippen molar-refractivity contribution in [3.05, 3.63) is 30.0 Å². The molecule has 1 heterocycles. The minimum atomic E-state index is -0.738. The largest absolute Gasteiger partial charge is 0.311 e. The van der Waals surface area contributed by atoms with Crippen LogP contribution in [0.5, 0.6) is 0 Å². The number of hydrogen-bond donors (Lipinski definition) is 1. The van der Waals surface area contributed by atoms with Gasteiger partial charge in [0.1, 0.15) is 0 Å². The fourth-order valence-electron chi connectivity index (χ4n) is 2.25. The van der Waals surface area contributed by atoms with E-state index in [9.17, 15) is 4.21 Å². The Labute approximate surface area is 123 Å². The molecule has 1 N–H and O–H groups in total. The van der Waals surface area contributed by atoms with Crippen LogP contribution in [0.3, 0.4) is 0 Å². The lowest BCUT2D eigenvalue weighted by atomic mass is 10.2. The second-order valence-corrected chi connectivity index (χ2v) is 6.86. The zero-order chi connectivity index (χ0) is 14.5. The third kappa shape index (κ3) is 3.46. The van der Waals surface area contributed by atoms with Crippen LogP contribution in [0.2, 0.25) is 0 Å². The lowest BCUT2D eigenvalue weighted by Gasteiger charge is -2.08. The van der Waals surface area contributed by atoms with Crippen molar-refractivity contribution in [2.75, 3.05) is 12.8 Å². The standard InChI is InChI=1S/C15H23N3OS/c1-4-18-15-8-6-5-7-13(15)14(17-18)11-16-10-9-12(2)20(3)19/h5-8,12,16H,4,9-11H2,1-3H3. The van der Waals surface area contributed by atoms with Crippen LogP contribution in [0.25, 0.3) is 10.9 Å². The molecule has 4 nitrogen and oxygen atoms in total. The van der Waals surface area contributed by atoms with E-state index in [0.29, 0.717) is 0 Å². The molecule has 0 saturated carbocycles. The van der Waals surface area contributed by atoms with Gasteiger partial charge in [-0.1, -0.05) is 25.1 Å². The van der Waals surface area contributed by atoms with Crippen molar-refractivity contribution in [1.82, 2.24) is 15.1 Å². The maximum Gasteiger partial charge on any atom is 0.0841 e. The number of nitrogens with zero attached hydrogens (tertiary/aromatic N) is 2. The third-order valence-electron chi connectivity index (χ3n) is 3.62. The van der Waals surface area contributed by atoms with Gasteiger partial charge in [0.05, 0.1) is 11.2 Å². The average Bonchev–Trinajstić information content (AvgIpc) is 2.81. The molecular weight excluding hydrogens is 270 g/mol. The summed E-state index contributed by atoms with van der Waals surface area (Å²) in [5.74, 6) is 0. The Kier molecular flexibility index (Phi) is 5.31. The van der Waals surface area contributed by atoms with Gasteiger partial charge in [-0.05, 0) is 26.0 Å². The minimum absolute atomic E-state index is 0.243. The molecule has 0 radical (unpaired) electrons. The predicted molar refractivity (Wildman–Crippen MR) is 85.3 cm³/mol. The Balaban J connectivity index is 1.98. The predicted octanol–water partition coefficient (Wildman–Crippen LogP) is 2.30. The highest BCUT2D eigenvalue weighted by Gasteiger charge is 2.09. The van der Waals surface area contributed by atoms with E-state index < -0.39 is 10.8 Å². The van der Waals surface area contributed by atoms with E-state index in [1.165, 1.54) is 10.9 Å². The highest BCUT2D eigenvalue weighted by atomic mass is 32.2. The molecule has 2 aromatic rings. The van der Waals surface area contributed by atoms with Crippen LogP contribution in [-0.4, -0.2) is 32.0 Å². The van der Waals surface area contributed by atoms with Crippen molar-refractivity contribution in [3.8, 4) is 0 Å². The topological polar surface area (TPSA) is 46.9 Å². The first-order valence-corrected chi connectivity index (χ1v) is 8.73. The summed E-state index contributed by atoms with van der Waals surface area (Å²) >= 11 is 0. The number of rotatable bonds is 7. The number of para-hydroxylation sites is 1. The third-order valence-corrected chi connectivity index (χ3v) is 4.99. The molecular formula is C15H23N3OS. The Morgan fingerprint density at radius 2 is 2.15 bits per heavy atom.